The molecular formula is C11H23NO2. The Morgan fingerprint density at radius 3 is 2.36 bits per heavy atom. The van der Waals surface area contributed by atoms with Crippen LogP contribution in [0.4, 0.5) is 0 Å². The van der Waals surface area contributed by atoms with E-state index < -0.39 is 0 Å². The number of nitrogens with zero attached hydrogens (tertiary/aromatic N) is 1. The van der Waals surface area contributed by atoms with E-state index in [1.807, 2.05) is 0 Å². The van der Waals surface area contributed by atoms with E-state index in [0.29, 0.717) is 24.4 Å². The van der Waals surface area contributed by atoms with Crippen molar-refractivity contribution in [1.82, 2.24) is 4.90 Å². The maximum atomic E-state index is 5.80. The van der Waals surface area contributed by atoms with Crippen LogP contribution in [0.1, 0.15) is 27.2 Å². The maximum Gasteiger partial charge on any atom is 0.0714 e. The highest BCUT2D eigenvalue weighted by Gasteiger charge is 2.33. The number of ether oxygens (including phenoxy) is 2. The minimum Gasteiger partial charge on any atom is -0.380 e. The minimum absolute atomic E-state index is 0.292. The van der Waals surface area contributed by atoms with Crippen molar-refractivity contribution < 1.29 is 9.47 Å². The third-order valence-electron chi connectivity index (χ3n) is 2.92. The zero-order valence-corrected chi connectivity index (χ0v) is 9.99. The molecule has 0 radical (unpaired) electrons. The van der Waals surface area contributed by atoms with E-state index in [1.54, 1.807) is 7.11 Å². The second kappa shape index (κ2) is 5.10. The largest absolute Gasteiger partial charge is 0.380 e. The molecule has 0 unspecified atom stereocenters. The Labute approximate surface area is 87.4 Å². The summed E-state index contributed by atoms with van der Waals surface area (Å²) in [6.45, 7) is 7.34. The van der Waals surface area contributed by atoms with Crippen molar-refractivity contribution in [3.05, 3.63) is 0 Å². The Morgan fingerprint density at radius 2 is 1.93 bits per heavy atom. The van der Waals surface area contributed by atoms with Crippen molar-refractivity contribution in [2.45, 2.75) is 51.5 Å². The highest BCUT2D eigenvalue weighted by atomic mass is 16.5. The molecule has 3 heteroatoms. The van der Waals surface area contributed by atoms with Gasteiger partial charge in [0.2, 0.25) is 0 Å². The Hall–Kier alpha value is -0.120. The first-order valence-corrected chi connectivity index (χ1v) is 5.43. The molecule has 0 N–H and O–H groups in total. The van der Waals surface area contributed by atoms with Crippen LogP contribution < -0.4 is 0 Å². The molecule has 0 aromatic carbocycles. The molecule has 14 heavy (non-hydrogen) atoms. The second-order valence-corrected chi connectivity index (χ2v) is 4.49. The van der Waals surface area contributed by atoms with Crippen LogP contribution in [0.5, 0.6) is 0 Å². The van der Waals surface area contributed by atoms with Gasteiger partial charge in [-0.05, 0) is 34.2 Å². The average molecular weight is 201 g/mol. The zero-order valence-electron chi connectivity index (χ0n) is 9.99. The lowest BCUT2D eigenvalue weighted by atomic mass is 10.1. The summed E-state index contributed by atoms with van der Waals surface area (Å²) in [5, 5.41) is 0. The van der Waals surface area contributed by atoms with Crippen LogP contribution in [-0.2, 0) is 9.47 Å². The van der Waals surface area contributed by atoms with Gasteiger partial charge in [-0.2, -0.15) is 0 Å². The monoisotopic (exact) mass is 201 g/mol. The molecule has 0 aromatic rings. The van der Waals surface area contributed by atoms with Crippen molar-refractivity contribution in [1.29, 1.82) is 0 Å². The lowest BCUT2D eigenvalue weighted by Crippen LogP contribution is -2.37. The van der Waals surface area contributed by atoms with Gasteiger partial charge in [-0.25, -0.2) is 0 Å². The molecule has 1 saturated heterocycles. The Morgan fingerprint density at radius 1 is 1.29 bits per heavy atom. The second-order valence-electron chi connectivity index (χ2n) is 4.49. The van der Waals surface area contributed by atoms with Gasteiger partial charge in [-0.3, -0.25) is 4.90 Å². The van der Waals surface area contributed by atoms with E-state index in [2.05, 4.69) is 32.7 Å². The lowest BCUT2D eigenvalue weighted by molar-refractivity contribution is -0.0207. The van der Waals surface area contributed by atoms with Crippen molar-refractivity contribution in [2.24, 2.45) is 0 Å². The predicted octanol–water partition coefficient (Wildman–Crippen LogP) is 1.52. The maximum absolute atomic E-state index is 5.80. The third kappa shape index (κ3) is 2.94. The fourth-order valence-electron chi connectivity index (χ4n) is 2.22. The normalized spacial score (nSPS) is 31.3. The molecule has 1 aliphatic rings. The highest BCUT2D eigenvalue weighted by molar-refractivity contribution is 4.87. The Kier molecular flexibility index (Phi) is 4.35. The number of methoxy groups -OCH3 is 1. The molecule has 1 rings (SSSR count). The molecule has 3 atom stereocenters. The van der Waals surface area contributed by atoms with Crippen molar-refractivity contribution >= 4 is 0 Å². The minimum atomic E-state index is 0.292. The van der Waals surface area contributed by atoms with E-state index in [1.165, 1.54) is 0 Å². The smallest absolute Gasteiger partial charge is 0.0714 e. The Balaban J connectivity index is 2.43. The highest BCUT2D eigenvalue weighted by Crippen LogP contribution is 2.22. The van der Waals surface area contributed by atoms with Gasteiger partial charge in [0, 0.05) is 19.7 Å². The first-order chi connectivity index (χ1) is 6.54. The summed E-state index contributed by atoms with van der Waals surface area (Å²) in [7, 11) is 3.93. The van der Waals surface area contributed by atoms with Crippen LogP contribution in [0, 0.1) is 0 Å². The first kappa shape index (κ1) is 12.0. The van der Waals surface area contributed by atoms with Gasteiger partial charge in [-0.1, -0.05) is 0 Å². The van der Waals surface area contributed by atoms with Gasteiger partial charge in [-0.15, -0.1) is 0 Å². The fraction of sp³-hybridized carbons (Fsp3) is 1.00. The summed E-state index contributed by atoms with van der Waals surface area (Å²) in [5.74, 6) is 0. The summed E-state index contributed by atoms with van der Waals surface area (Å²) < 4.78 is 11.2. The fourth-order valence-corrected chi connectivity index (χ4v) is 2.22. The van der Waals surface area contributed by atoms with Gasteiger partial charge >= 0.3 is 0 Å². The zero-order chi connectivity index (χ0) is 10.7. The van der Waals surface area contributed by atoms with Gasteiger partial charge in [0.1, 0.15) is 0 Å². The molecule has 1 heterocycles. The van der Waals surface area contributed by atoms with Crippen LogP contribution in [0.15, 0.2) is 0 Å². The van der Waals surface area contributed by atoms with E-state index in [-0.39, 0.29) is 0 Å². The van der Waals surface area contributed by atoms with Gasteiger partial charge in [0.05, 0.1) is 18.3 Å². The van der Waals surface area contributed by atoms with Crippen molar-refractivity contribution in [3.8, 4) is 0 Å². The van der Waals surface area contributed by atoms with E-state index in [0.717, 1.165) is 13.0 Å². The topological polar surface area (TPSA) is 21.7 Å². The molecular weight excluding hydrogens is 178 g/mol. The molecule has 0 spiro atoms. The van der Waals surface area contributed by atoms with Crippen LogP contribution in [0.3, 0.4) is 0 Å². The van der Waals surface area contributed by atoms with E-state index >= 15 is 0 Å². The van der Waals surface area contributed by atoms with Crippen LogP contribution in [-0.4, -0.2) is 50.0 Å². The van der Waals surface area contributed by atoms with Crippen LogP contribution >= 0.6 is 0 Å². The lowest BCUT2D eigenvalue weighted by Gasteiger charge is -2.27. The van der Waals surface area contributed by atoms with Gasteiger partial charge in [0.25, 0.3) is 0 Å². The predicted molar refractivity (Wildman–Crippen MR) is 57.5 cm³/mol. The molecule has 0 aromatic heterocycles. The molecule has 3 nitrogen and oxygen atoms in total. The molecule has 0 amide bonds. The first-order valence-electron chi connectivity index (χ1n) is 5.43. The van der Waals surface area contributed by atoms with Crippen molar-refractivity contribution in [3.63, 3.8) is 0 Å². The summed E-state index contributed by atoms with van der Waals surface area (Å²) in [4.78, 5) is 2.33. The van der Waals surface area contributed by atoms with Crippen LogP contribution in [0.25, 0.3) is 0 Å². The van der Waals surface area contributed by atoms with Gasteiger partial charge in [0.15, 0.2) is 0 Å². The van der Waals surface area contributed by atoms with Crippen molar-refractivity contribution in [2.75, 3.05) is 20.7 Å². The number of likely N-dealkylation sites (N-methyl/N-ethyl adjacent to an activating group) is 1. The van der Waals surface area contributed by atoms with E-state index in [9.17, 15) is 0 Å². The summed E-state index contributed by atoms with van der Waals surface area (Å²) in [5.41, 5.74) is 0. The summed E-state index contributed by atoms with van der Waals surface area (Å²) in [6.07, 6.45) is 2.06. The van der Waals surface area contributed by atoms with Gasteiger partial charge < -0.3 is 9.47 Å². The number of rotatable bonds is 4. The molecule has 1 fully saturated rings. The molecule has 0 bridgehead atoms. The summed E-state index contributed by atoms with van der Waals surface area (Å²) >= 11 is 0. The quantitative estimate of drug-likeness (QED) is 0.688. The Bertz CT molecular complexity index is 173. The molecule has 0 aliphatic carbocycles. The average Bonchev–Trinajstić information content (AvgIpc) is 2.45. The number of likely N-dealkylation sites (tertiary alicyclic amines) is 1. The standard InChI is InChI=1S/C11H23NO2/c1-8(2)14-9(3)11-6-10(13-5)7-12(11)4/h8-11H,6-7H2,1-5H3/t9-,10-,11-/m0/s1. The number of hydrogen-bond donors (Lipinski definition) is 0. The molecule has 0 saturated carbocycles. The van der Waals surface area contributed by atoms with E-state index in [4.69, 9.17) is 9.47 Å². The molecule has 1 aliphatic heterocycles. The number of hydrogen-bond acceptors (Lipinski definition) is 3. The SMILES string of the molecule is CO[C@H]1C[C@@H]([C@H](C)OC(C)C)N(C)C1. The third-order valence-corrected chi connectivity index (χ3v) is 2.92. The molecule has 84 valence electrons. The summed E-state index contributed by atoms with van der Waals surface area (Å²) in [6, 6.07) is 0.502. The van der Waals surface area contributed by atoms with Crippen LogP contribution in [0.2, 0.25) is 0 Å².